The maximum Gasteiger partial charge on any atom is 0.0727 e. The highest BCUT2D eigenvalue weighted by Gasteiger charge is 2.40. The van der Waals surface area contributed by atoms with Crippen LogP contribution >= 0.6 is 12.4 Å². The lowest BCUT2D eigenvalue weighted by atomic mass is 9.86. The van der Waals surface area contributed by atoms with E-state index in [0.29, 0.717) is 5.41 Å². The van der Waals surface area contributed by atoms with Crippen molar-refractivity contribution in [1.29, 1.82) is 0 Å². The first-order valence-corrected chi connectivity index (χ1v) is 9.53. The molecule has 4 rings (SSSR count). The predicted octanol–water partition coefficient (Wildman–Crippen LogP) is 3.78. The van der Waals surface area contributed by atoms with Crippen molar-refractivity contribution in [3.8, 4) is 5.69 Å². The number of hydrogen-bond donors (Lipinski definition) is 1. The van der Waals surface area contributed by atoms with Gasteiger partial charge in [-0.25, -0.2) is 4.68 Å². The fourth-order valence-electron chi connectivity index (χ4n) is 4.42. The molecule has 0 radical (unpaired) electrons. The summed E-state index contributed by atoms with van der Waals surface area (Å²) in [5.41, 5.74) is 4.32. The molecule has 26 heavy (non-hydrogen) atoms. The maximum atomic E-state index is 4.96. The van der Waals surface area contributed by atoms with E-state index in [2.05, 4.69) is 72.2 Å². The second kappa shape index (κ2) is 7.34. The molecule has 1 aromatic heterocycles. The average molecular weight is 375 g/mol. The van der Waals surface area contributed by atoms with Gasteiger partial charge in [0.25, 0.3) is 0 Å². The van der Waals surface area contributed by atoms with Gasteiger partial charge in [0.2, 0.25) is 0 Å². The molecular formula is C21H31ClN4. The first-order chi connectivity index (χ1) is 12.0. The van der Waals surface area contributed by atoms with Crippen molar-refractivity contribution >= 4 is 12.4 Å². The van der Waals surface area contributed by atoms with Crippen LogP contribution in [-0.2, 0) is 12.0 Å². The Kier molecular flexibility index (Phi) is 5.48. The number of hydrogen-bond acceptors (Lipinski definition) is 3. The van der Waals surface area contributed by atoms with Crippen molar-refractivity contribution in [2.75, 3.05) is 26.2 Å². The standard InChI is InChI=1S/C21H30N4.ClH/c1-20(2,3)19-17(14-25(23-19)18-7-5-4-6-8-18)13-24-12-10-21(16-24)9-11-22-15-21;/h4-8,14,22H,9-13,15-16H2,1-3H3;1H. The van der Waals surface area contributed by atoms with E-state index in [9.17, 15) is 0 Å². The van der Waals surface area contributed by atoms with E-state index in [4.69, 9.17) is 5.10 Å². The summed E-state index contributed by atoms with van der Waals surface area (Å²) in [7, 11) is 0. The van der Waals surface area contributed by atoms with E-state index in [-0.39, 0.29) is 17.8 Å². The second-order valence-electron chi connectivity index (χ2n) is 8.92. The monoisotopic (exact) mass is 374 g/mol. The highest BCUT2D eigenvalue weighted by atomic mass is 35.5. The molecule has 2 aromatic rings. The van der Waals surface area contributed by atoms with Gasteiger partial charge in [0.1, 0.15) is 0 Å². The number of nitrogens with zero attached hydrogens (tertiary/aromatic N) is 3. The molecular weight excluding hydrogens is 344 g/mol. The largest absolute Gasteiger partial charge is 0.316 e. The molecule has 1 atom stereocenters. The first kappa shape index (κ1) is 19.4. The summed E-state index contributed by atoms with van der Waals surface area (Å²) in [6, 6.07) is 10.4. The third-order valence-corrected chi connectivity index (χ3v) is 5.76. The number of halogens is 1. The summed E-state index contributed by atoms with van der Waals surface area (Å²) >= 11 is 0. The topological polar surface area (TPSA) is 33.1 Å². The van der Waals surface area contributed by atoms with Crippen LogP contribution in [0.5, 0.6) is 0 Å². The molecule has 4 nitrogen and oxygen atoms in total. The van der Waals surface area contributed by atoms with Gasteiger partial charge in [0.05, 0.1) is 11.4 Å². The Morgan fingerprint density at radius 1 is 1.15 bits per heavy atom. The number of likely N-dealkylation sites (tertiary alicyclic amines) is 1. The zero-order valence-electron chi connectivity index (χ0n) is 16.2. The molecule has 2 aliphatic rings. The minimum absolute atomic E-state index is 0. The lowest BCUT2D eigenvalue weighted by Gasteiger charge is -2.24. The second-order valence-corrected chi connectivity index (χ2v) is 8.92. The predicted molar refractivity (Wildman–Crippen MR) is 109 cm³/mol. The zero-order valence-corrected chi connectivity index (χ0v) is 17.0. The van der Waals surface area contributed by atoms with Crippen LogP contribution in [0.25, 0.3) is 5.69 Å². The molecule has 0 saturated carbocycles. The van der Waals surface area contributed by atoms with Crippen LogP contribution in [0.3, 0.4) is 0 Å². The van der Waals surface area contributed by atoms with Gasteiger partial charge < -0.3 is 5.32 Å². The van der Waals surface area contributed by atoms with Gasteiger partial charge in [-0.3, -0.25) is 4.90 Å². The van der Waals surface area contributed by atoms with E-state index < -0.39 is 0 Å². The molecule has 0 bridgehead atoms. The van der Waals surface area contributed by atoms with Crippen LogP contribution in [0.15, 0.2) is 36.5 Å². The SMILES string of the molecule is CC(C)(C)c1nn(-c2ccccc2)cc1CN1CCC2(CCNC2)C1.Cl. The van der Waals surface area contributed by atoms with E-state index in [1.807, 2.05) is 0 Å². The van der Waals surface area contributed by atoms with Crippen LogP contribution in [0.1, 0.15) is 44.9 Å². The van der Waals surface area contributed by atoms with E-state index >= 15 is 0 Å². The quantitative estimate of drug-likeness (QED) is 0.887. The van der Waals surface area contributed by atoms with Crippen LogP contribution in [0.2, 0.25) is 0 Å². The Hall–Kier alpha value is -1.36. The summed E-state index contributed by atoms with van der Waals surface area (Å²) in [5.74, 6) is 0. The van der Waals surface area contributed by atoms with Crippen molar-refractivity contribution < 1.29 is 0 Å². The van der Waals surface area contributed by atoms with Gasteiger partial charge in [-0.15, -0.1) is 12.4 Å². The number of nitrogens with one attached hydrogen (secondary N) is 1. The summed E-state index contributed by atoms with van der Waals surface area (Å²) in [5, 5.41) is 8.52. The molecule has 2 saturated heterocycles. The Balaban J connectivity index is 0.00000196. The fourth-order valence-corrected chi connectivity index (χ4v) is 4.42. The van der Waals surface area contributed by atoms with Gasteiger partial charge in [-0.2, -0.15) is 5.10 Å². The normalized spacial score (nSPS) is 23.5. The molecule has 1 aromatic carbocycles. The summed E-state index contributed by atoms with van der Waals surface area (Å²) in [6.45, 7) is 12.6. The van der Waals surface area contributed by atoms with Crippen molar-refractivity contribution in [2.45, 2.75) is 45.6 Å². The van der Waals surface area contributed by atoms with Crippen molar-refractivity contribution in [3.63, 3.8) is 0 Å². The van der Waals surface area contributed by atoms with Crippen molar-refractivity contribution in [2.24, 2.45) is 5.41 Å². The van der Waals surface area contributed by atoms with Gasteiger partial charge in [0.15, 0.2) is 0 Å². The molecule has 1 N–H and O–H groups in total. The number of benzene rings is 1. The van der Waals surface area contributed by atoms with Gasteiger partial charge in [0, 0.05) is 36.8 Å². The molecule has 2 aliphatic heterocycles. The zero-order chi connectivity index (χ0) is 17.5. The summed E-state index contributed by atoms with van der Waals surface area (Å²) in [6.07, 6.45) is 4.91. The first-order valence-electron chi connectivity index (χ1n) is 9.53. The highest BCUT2D eigenvalue weighted by molar-refractivity contribution is 5.85. The molecule has 1 spiro atoms. The average Bonchev–Trinajstić information content (AvgIpc) is 3.30. The molecule has 142 valence electrons. The molecule has 0 amide bonds. The Labute approximate surface area is 163 Å². The Morgan fingerprint density at radius 3 is 2.58 bits per heavy atom. The Bertz CT molecular complexity index is 726. The van der Waals surface area contributed by atoms with Crippen LogP contribution in [0.4, 0.5) is 0 Å². The van der Waals surface area contributed by atoms with Gasteiger partial charge >= 0.3 is 0 Å². The van der Waals surface area contributed by atoms with Crippen molar-refractivity contribution in [3.05, 3.63) is 47.8 Å². The molecule has 3 heterocycles. The number of rotatable bonds is 3. The van der Waals surface area contributed by atoms with Crippen LogP contribution in [-0.4, -0.2) is 40.9 Å². The fraction of sp³-hybridized carbons (Fsp3) is 0.571. The third-order valence-electron chi connectivity index (χ3n) is 5.76. The van der Waals surface area contributed by atoms with Gasteiger partial charge in [-0.05, 0) is 43.5 Å². The number of aromatic nitrogens is 2. The molecule has 5 heteroatoms. The minimum Gasteiger partial charge on any atom is -0.316 e. The summed E-state index contributed by atoms with van der Waals surface area (Å²) in [4.78, 5) is 2.63. The summed E-state index contributed by atoms with van der Waals surface area (Å²) < 4.78 is 2.05. The lowest BCUT2D eigenvalue weighted by Crippen LogP contribution is -2.29. The smallest absolute Gasteiger partial charge is 0.0727 e. The highest BCUT2D eigenvalue weighted by Crippen LogP contribution is 2.37. The van der Waals surface area contributed by atoms with E-state index in [0.717, 1.165) is 12.2 Å². The van der Waals surface area contributed by atoms with E-state index in [1.54, 1.807) is 0 Å². The van der Waals surface area contributed by atoms with Crippen LogP contribution < -0.4 is 5.32 Å². The van der Waals surface area contributed by atoms with Crippen LogP contribution in [0, 0.1) is 5.41 Å². The van der Waals surface area contributed by atoms with Crippen molar-refractivity contribution in [1.82, 2.24) is 20.0 Å². The van der Waals surface area contributed by atoms with E-state index in [1.165, 1.54) is 50.3 Å². The third kappa shape index (κ3) is 3.83. The van der Waals surface area contributed by atoms with Gasteiger partial charge in [-0.1, -0.05) is 39.0 Å². The lowest BCUT2D eigenvalue weighted by molar-refractivity contribution is 0.267. The Morgan fingerprint density at radius 2 is 1.92 bits per heavy atom. The molecule has 0 aliphatic carbocycles. The molecule has 1 unspecified atom stereocenters. The minimum atomic E-state index is 0. The number of para-hydroxylation sites is 1. The maximum absolute atomic E-state index is 4.96. The molecule has 2 fully saturated rings.